The van der Waals surface area contributed by atoms with E-state index in [0.717, 1.165) is 0 Å². The number of hydrogen-bond donors (Lipinski definition) is 0. The second-order valence-corrected chi connectivity index (χ2v) is 4.83. The first-order valence-corrected chi connectivity index (χ1v) is 6.63. The van der Waals surface area contributed by atoms with Crippen LogP contribution >= 0.6 is 23.2 Å². The molecule has 0 aliphatic heterocycles. The molecule has 0 saturated carbocycles. The minimum atomic E-state index is -0.671. The van der Waals surface area contributed by atoms with Crippen LogP contribution in [-0.2, 0) is 4.74 Å². The third kappa shape index (κ3) is 3.54. The summed E-state index contributed by atoms with van der Waals surface area (Å²) >= 11 is 11.9. The van der Waals surface area contributed by atoms with Gasteiger partial charge in [-0.3, -0.25) is 0 Å². The van der Waals surface area contributed by atoms with Crippen molar-refractivity contribution in [3.8, 4) is 5.75 Å². The summed E-state index contributed by atoms with van der Waals surface area (Å²) in [7, 11) is 1.26. The minimum Gasteiger partial charge on any atom is -0.465 e. The highest BCUT2D eigenvalue weighted by molar-refractivity contribution is 6.37. The van der Waals surface area contributed by atoms with Crippen molar-refractivity contribution in [3.05, 3.63) is 63.6 Å². The predicted molar refractivity (Wildman–Crippen MR) is 79.2 cm³/mol. The molecule has 21 heavy (non-hydrogen) atoms. The molecule has 0 aliphatic rings. The monoisotopic (exact) mass is 324 g/mol. The molecule has 2 rings (SSSR count). The summed E-state index contributed by atoms with van der Waals surface area (Å²) < 4.78 is 9.77. The third-order valence-corrected chi connectivity index (χ3v) is 3.23. The molecule has 0 atom stereocenters. The number of halogens is 2. The van der Waals surface area contributed by atoms with Gasteiger partial charge in [0.25, 0.3) is 0 Å². The Bertz CT molecular complexity index is 678. The fourth-order valence-corrected chi connectivity index (χ4v) is 2.10. The fourth-order valence-electron chi connectivity index (χ4n) is 1.62. The van der Waals surface area contributed by atoms with Crippen LogP contribution in [0.1, 0.15) is 20.7 Å². The molecule has 0 amide bonds. The molecular formula is C15H10Cl2O4. The van der Waals surface area contributed by atoms with Gasteiger partial charge in [-0.05, 0) is 30.3 Å². The van der Waals surface area contributed by atoms with Crippen LogP contribution in [0.2, 0.25) is 10.0 Å². The number of esters is 2. The molecule has 0 N–H and O–H groups in total. The summed E-state index contributed by atoms with van der Waals surface area (Å²) in [5, 5.41) is 0.444. The Morgan fingerprint density at radius 2 is 1.43 bits per heavy atom. The molecular weight excluding hydrogens is 315 g/mol. The van der Waals surface area contributed by atoms with Gasteiger partial charge in [-0.25, -0.2) is 9.59 Å². The predicted octanol–water partition coefficient (Wildman–Crippen LogP) is 4.00. The van der Waals surface area contributed by atoms with Gasteiger partial charge in [0.15, 0.2) is 5.75 Å². The van der Waals surface area contributed by atoms with Gasteiger partial charge in [0.2, 0.25) is 0 Å². The van der Waals surface area contributed by atoms with E-state index in [9.17, 15) is 9.59 Å². The van der Waals surface area contributed by atoms with Crippen LogP contribution in [0.4, 0.5) is 0 Å². The standard InChI is InChI=1S/C15H10Cl2O4/c1-20-14(18)9-4-2-5-10(8-9)15(19)21-13-11(16)6-3-7-12(13)17/h2-8H,1H3. The van der Waals surface area contributed by atoms with Crippen LogP contribution in [0.25, 0.3) is 0 Å². The van der Waals surface area contributed by atoms with Crippen LogP contribution in [0.15, 0.2) is 42.5 Å². The normalized spacial score (nSPS) is 10.0. The van der Waals surface area contributed by atoms with Gasteiger partial charge in [0, 0.05) is 0 Å². The Morgan fingerprint density at radius 3 is 2.00 bits per heavy atom. The highest BCUT2D eigenvalue weighted by Gasteiger charge is 2.15. The summed E-state index contributed by atoms with van der Waals surface area (Å²) in [4.78, 5) is 23.5. The van der Waals surface area contributed by atoms with Crippen molar-refractivity contribution >= 4 is 35.1 Å². The topological polar surface area (TPSA) is 52.6 Å². The molecule has 0 fully saturated rings. The van der Waals surface area contributed by atoms with E-state index in [1.165, 1.54) is 25.3 Å². The number of carbonyl (C=O) groups excluding carboxylic acids is 2. The Hall–Kier alpha value is -2.04. The molecule has 2 aromatic carbocycles. The molecule has 0 saturated heterocycles. The first-order chi connectivity index (χ1) is 10.0. The van der Waals surface area contributed by atoms with E-state index < -0.39 is 11.9 Å². The van der Waals surface area contributed by atoms with Crippen molar-refractivity contribution < 1.29 is 19.1 Å². The fraction of sp³-hybridized carbons (Fsp3) is 0.0667. The van der Waals surface area contributed by atoms with Gasteiger partial charge in [0.1, 0.15) is 0 Å². The van der Waals surface area contributed by atoms with E-state index in [1.807, 2.05) is 0 Å². The highest BCUT2D eigenvalue weighted by Crippen LogP contribution is 2.32. The van der Waals surface area contributed by atoms with Crippen molar-refractivity contribution in [2.45, 2.75) is 0 Å². The Balaban J connectivity index is 2.27. The molecule has 4 nitrogen and oxygen atoms in total. The zero-order valence-corrected chi connectivity index (χ0v) is 12.4. The van der Waals surface area contributed by atoms with Crippen molar-refractivity contribution in [1.29, 1.82) is 0 Å². The number of benzene rings is 2. The van der Waals surface area contributed by atoms with Gasteiger partial charge in [0.05, 0.1) is 28.3 Å². The molecule has 0 radical (unpaired) electrons. The first-order valence-electron chi connectivity index (χ1n) is 5.87. The second-order valence-electron chi connectivity index (χ2n) is 4.01. The van der Waals surface area contributed by atoms with Crippen molar-refractivity contribution in [1.82, 2.24) is 0 Å². The number of carbonyl (C=O) groups is 2. The van der Waals surface area contributed by atoms with E-state index in [2.05, 4.69) is 4.74 Å². The summed E-state index contributed by atoms with van der Waals surface area (Å²) in [6.07, 6.45) is 0. The van der Waals surface area contributed by atoms with Crippen LogP contribution < -0.4 is 4.74 Å². The lowest BCUT2D eigenvalue weighted by molar-refractivity contribution is 0.0600. The summed E-state index contributed by atoms with van der Waals surface area (Å²) in [6.45, 7) is 0. The highest BCUT2D eigenvalue weighted by atomic mass is 35.5. The number of para-hydroxylation sites is 1. The first kappa shape index (κ1) is 15.4. The third-order valence-electron chi connectivity index (χ3n) is 2.63. The van der Waals surface area contributed by atoms with E-state index in [-0.39, 0.29) is 26.9 Å². The SMILES string of the molecule is COC(=O)c1cccc(C(=O)Oc2c(Cl)cccc2Cl)c1. The largest absolute Gasteiger partial charge is 0.465 e. The maximum Gasteiger partial charge on any atom is 0.343 e. The Morgan fingerprint density at radius 1 is 0.905 bits per heavy atom. The van der Waals surface area contributed by atoms with E-state index in [4.69, 9.17) is 27.9 Å². The molecule has 0 aliphatic carbocycles. The lowest BCUT2D eigenvalue weighted by atomic mass is 10.1. The van der Waals surface area contributed by atoms with Gasteiger partial charge in [-0.15, -0.1) is 0 Å². The zero-order valence-electron chi connectivity index (χ0n) is 10.9. The number of rotatable bonds is 3. The Kier molecular flexibility index (Phi) is 4.83. The van der Waals surface area contributed by atoms with E-state index >= 15 is 0 Å². The molecule has 0 spiro atoms. The molecule has 0 aromatic heterocycles. The average molecular weight is 325 g/mol. The molecule has 0 unspecified atom stereocenters. The number of hydrogen-bond acceptors (Lipinski definition) is 4. The van der Waals surface area contributed by atoms with Crippen LogP contribution in [-0.4, -0.2) is 19.0 Å². The Labute approximate surface area is 131 Å². The molecule has 108 valence electrons. The van der Waals surface area contributed by atoms with E-state index in [0.29, 0.717) is 0 Å². The number of ether oxygens (including phenoxy) is 2. The van der Waals surface area contributed by atoms with Gasteiger partial charge < -0.3 is 9.47 Å². The minimum absolute atomic E-state index is 0.0781. The van der Waals surface area contributed by atoms with Gasteiger partial charge in [-0.2, -0.15) is 0 Å². The van der Waals surface area contributed by atoms with Crippen molar-refractivity contribution in [3.63, 3.8) is 0 Å². The molecule has 2 aromatic rings. The number of methoxy groups -OCH3 is 1. The van der Waals surface area contributed by atoms with Crippen molar-refractivity contribution in [2.75, 3.05) is 7.11 Å². The molecule has 6 heteroatoms. The smallest absolute Gasteiger partial charge is 0.343 e. The van der Waals surface area contributed by atoms with Gasteiger partial charge >= 0.3 is 11.9 Å². The maximum absolute atomic E-state index is 12.1. The second kappa shape index (κ2) is 6.61. The average Bonchev–Trinajstić information content (AvgIpc) is 2.50. The van der Waals surface area contributed by atoms with Crippen LogP contribution in [0, 0.1) is 0 Å². The summed E-state index contributed by atoms with van der Waals surface area (Å²) in [6, 6.07) is 10.7. The zero-order chi connectivity index (χ0) is 15.4. The summed E-state index contributed by atoms with van der Waals surface area (Å²) in [5.41, 5.74) is 0.436. The maximum atomic E-state index is 12.1. The molecule has 0 bridgehead atoms. The van der Waals surface area contributed by atoms with Crippen LogP contribution in [0.5, 0.6) is 5.75 Å². The lowest BCUT2D eigenvalue weighted by Crippen LogP contribution is -2.11. The van der Waals surface area contributed by atoms with E-state index in [1.54, 1.807) is 24.3 Å². The lowest BCUT2D eigenvalue weighted by Gasteiger charge is -2.08. The van der Waals surface area contributed by atoms with Crippen LogP contribution in [0.3, 0.4) is 0 Å². The quantitative estimate of drug-likeness (QED) is 0.632. The van der Waals surface area contributed by atoms with Gasteiger partial charge in [-0.1, -0.05) is 35.3 Å². The molecule has 0 heterocycles. The van der Waals surface area contributed by atoms with Crippen molar-refractivity contribution in [2.24, 2.45) is 0 Å². The summed E-state index contributed by atoms with van der Waals surface area (Å²) in [5.74, 6) is -1.13.